The van der Waals surface area contributed by atoms with E-state index in [9.17, 15) is 22.8 Å². The van der Waals surface area contributed by atoms with E-state index >= 15 is 0 Å². The van der Waals surface area contributed by atoms with Gasteiger partial charge in [-0.15, -0.1) is 0 Å². The van der Waals surface area contributed by atoms with Crippen LogP contribution in [0.1, 0.15) is 15.9 Å². The summed E-state index contributed by atoms with van der Waals surface area (Å²) < 4.78 is 44.2. The Hall–Kier alpha value is -3.43. The predicted octanol–water partition coefficient (Wildman–Crippen LogP) is 2.56. The number of alkyl halides is 3. The van der Waals surface area contributed by atoms with Crippen molar-refractivity contribution < 1.29 is 27.5 Å². The van der Waals surface area contributed by atoms with Gasteiger partial charge in [0.1, 0.15) is 6.54 Å². The number of pyridine rings is 1. The molecule has 0 fully saturated rings. The van der Waals surface area contributed by atoms with Gasteiger partial charge in [-0.1, -0.05) is 12.1 Å². The first-order valence-corrected chi connectivity index (χ1v) is 8.06. The summed E-state index contributed by atoms with van der Waals surface area (Å²) in [5.74, 6) is -1.17. The fourth-order valence-electron chi connectivity index (χ4n) is 2.60. The summed E-state index contributed by atoms with van der Waals surface area (Å²) in [6.45, 7) is -0.324. The molecular weight excluding hydrogens is 377 g/mol. The van der Waals surface area contributed by atoms with Crippen LogP contribution in [-0.2, 0) is 22.8 Å². The number of rotatable bonds is 4. The second-order valence-electron chi connectivity index (χ2n) is 5.89. The van der Waals surface area contributed by atoms with Gasteiger partial charge in [-0.25, -0.2) is 4.98 Å². The van der Waals surface area contributed by atoms with Crippen LogP contribution in [0.3, 0.4) is 0 Å². The number of aryl methyl sites for hydroxylation is 1. The maximum Gasteiger partial charge on any atom is 0.416 e. The van der Waals surface area contributed by atoms with E-state index in [2.05, 4.69) is 20.1 Å². The Morgan fingerprint density at radius 1 is 1.21 bits per heavy atom. The summed E-state index contributed by atoms with van der Waals surface area (Å²) in [7, 11) is 2.82. The number of hydrogen-bond acceptors (Lipinski definition) is 5. The average molecular weight is 392 g/mol. The zero-order valence-corrected chi connectivity index (χ0v) is 14.9. The first-order valence-electron chi connectivity index (χ1n) is 8.06. The van der Waals surface area contributed by atoms with Crippen molar-refractivity contribution in [2.45, 2.75) is 6.18 Å². The minimum atomic E-state index is -4.45. The number of benzene rings is 1. The van der Waals surface area contributed by atoms with Gasteiger partial charge in [-0.3, -0.25) is 14.3 Å². The number of methoxy groups -OCH3 is 1. The summed E-state index contributed by atoms with van der Waals surface area (Å²) in [6.07, 6.45) is -3.00. The molecule has 2 aromatic heterocycles. The number of aromatic nitrogens is 3. The summed E-state index contributed by atoms with van der Waals surface area (Å²) in [6, 6.07) is 5.90. The Bertz CT molecular complexity index is 1040. The van der Waals surface area contributed by atoms with Gasteiger partial charge in [-0.05, 0) is 18.2 Å². The maximum atomic E-state index is 12.8. The summed E-state index contributed by atoms with van der Waals surface area (Å²) >= 11 is 0. The lowest BCUT2D eigenvalue weighted by Crippen LogP contribution is -2.30. The highest BCUT2D eigenvalue weighted by Gasteiger charge is 2.30. The Kier molecular flexibility index (Phi) is 5.04. The van der Waals surface area contributed by atoms with Gasteiger partial charge in [0.25, 0.3) is 5.91 Å². The van der Waals surface area contributed by atoms with Gasteiger partial charge in [0.15, 0.2) is 5.65 Å². The second kappa shape index (κ2) is 7.29. The van der Waals surface area contributed by atoms with E-state index in [1.807, 2.05) is 0 Å². The molecule has 2 heterocycles. The van der Waals surface area contributed by atoms with E-state index in [1.54, 1.807) is 7.05 Å². The molecule has 146 valence electrons. The number of nitrogens with zero attached hydrogens (tertiary/aromatic N) is 3. The van der Waals surface area contributed by atoms with Crippen LogP contribution in [0.4, 0.5) is 13.2 Å². The molecule has 0 saturated carbocycles. The number of amides is 1. The highest BCUT2D eigenvalue weighted by molar-refractivity contribution is 6.07. The minimum absolute atomic E-state index is 0.192. The number of nitrogens with one attached hydrogen (secondary N) is 1. The van der Waals surface area contributed by atoms with E-state index in [0.29, 0.717) is 22.3 Å². The first-order chi connectivity index (χ1) is 13.2. The monoisotopic (exact) mass is 392 g/mol. The topological polar surface area (TPSA) is 86.1 Å². The van der Waals surface area contributed by atoms with Crippen LogP contribution in [0.5, 0.6) is 0 Å². The quantitative estimate of drug-likeness (QED) is 0.690. The van der Waals surface area contributed by atoms with Crippen molar-refractivity contribution in [3.05, 3.63) is 47.7 Å². The standard InChI is InChI=1S/C18H15F3N4O3/c1-25-16-13(8-23-25)12(17(27)22-9-15(26)28-2)7-14(24-16)10-3-5-11(6-4-10)18(19,20)21/h3-8H,9H2,1-2H3,(H,22,27). The Balaban J connectivity index is 2.03. The molecule has 28 heavy (non-hydrogen) atoms. The van der Waals surface area contributed by atoms with Crippen LogP contribution in [0.15, 0.2) is 36.5 Å². The molecular formula is C18H15F3N4O3. The maximum absolute atomic E-state index is 12.8. The zero-order valence-electron chi connectivity index (χ0n) is 14.9. The third kappa shape index (κ3) is 3.80. The largest absolute Gasteiger partial charge is 0.468 e. The molecule has 0 bridgehead atoms. The molecule has 1 aromatic carbocycles. The van der Waals surface area contributed by atoms with E-state index in [-0.39, 0.29) is 12.1 Å². The molecule has 7 nitrogen and oxygen atoms in total. The molecule has 0 aliphatic carbocycles. The number of halogens is 3. The average Bonchev–Trinajstić information content (AvgIpc) is 3.05. The SMILES string of the molecule is COC(=O)CNC(=O)c1cc(-c2ccc(C(F)(F)F)cc2)nc2c1cnn2C. The fourth-order valence-corrected chi connectivity index (χ4v) is 2.60. The van der Waals surface area contributed by atoms with Crippen molar-refractivity contribution in [3.63, 3.8) is 0 Å². The van der Waals surface area contributed by atoms with Crippen LogP contribution in [0.25, 0.3) is 22.3 Å². The Morgan fingerprint density at radius 3 is 2.50 bits per heavy atom. The predicted molar refractivity (Wildman–Crippen MR) is 93.3 cm³/mol. The molecule has 0 saturated heterocycles. The third-order valence-electron chi connectivity index (χ3n) is 4.08. The second-order valence-corrected chi connectivity index (χ2v) is 5.89. The smallest absolute Gasteiger partial charge is 0.416 e. The molecule has 10 heteroatoms. The normalized spacial score (nSPS) is 11.5. The van der Waals surface area contributed by atoms with Gasteiger partial charge in [-0.2, -0.15) is 18.3 Å². The molecule has 0 spiro atoms. The molecule has 0 aliphatic rings. The van der Waals surface area contributed by atoms with Crippen LogP contribution in [0, 0.1) is 0 Å². The highest BCUT2D eigenvalue weighted by atomic mass is 19.4. The van der Waals surface area contributed by atoms with Crippen molar-refractivity contribution in [3.8, 4) is 11.3 Å². The first kappa shape index (κ1) is 19.3. The van der Waals surface area contributed by atoms with E-state index in [4.69, 9.17) is 0 Å². The van der Waals surface area contributed by atoms with Crippen LogP contribution >= 0.6 is 0 Å². The minimum Gasteiger partial charge on any atom is -0.468 e. The number of ether oxygens (including phenoxy) is 1. The molecule has 3 aromatic rings. The van der Waals surface area contributed by atoms with Crippen LogP contribution in [-0.4, -0.2) is 40.3 Å². The van der Waals surface area contributed by atoms with E-state index in [0.717, 1.165) is 12.1 Å². The summed E-state index contributed by atoms with van der Waals surface area (Å²) in [5.41, 5.74) is 0.484. The molecule has 1 N–H and O–H groups in total. The lowest BCUT2D eigenvalue weighted by atomic mass is 10.0. The molecule has 0 atom stereocenters. The van der Waals surface area contributed by atoms with Crippen LogP contribution < -0.4 is 5.32 Å². The number of hydrogen-bond donors (Lipinski definition) is 1. The Morgan fingerprint density at radius 2 is 1.89 bits per heavy atom. The van der Waals surface area contributed by atoms with Crippen molar-refractivity contribution >= 4 is 22.9 Å². The molecule has 0 unspecified atom stereocenters. The molecule has 3 rings (SSSR count). The number of fused-ring (bicyclic) bond motifs is 1. The number of carbonyl (C=O) groups is 2. The van der Waals surface area contributed by atoms with Crippen LogP contribution in [0.2, 0.25) is 0 Å². The van der Waals surface area contributed by atoms with Crippen molar-refractivity contribution in [1.29, 1.82) is 0 Å². The Labute approximate surface area is 157 Å². The van der Waals surface area contributed by atoms with Gasteiger partial charge in [0, 0.05) is 12.6 Å². The van der Waals surface area contributed by atoms with Gasteiger partial charge < -0.3 is 10.1 Å². The molecule has 0 radical (unpaired) electrons. The van der Waals surface area contributed by atoms with Crippen molar-refractivity contribution in [1.82, 2.24) is 20.1 Å². The van der Waals surface area contributed by atoms with E-state index < -0.39 is 23.6 Å². The summed E-state index contributed by atoms with van der Waals surface area (Å²) in [4.78, 5) is 28.2. The van der Waals surface area contributed by atoms with Crippen molar-refractivity contribution in [2.75, 3.05) is 13.7 Å². The van der Waals surface area contributed by atoms with Gasteiger partial charge in [0.2, 0.25) is 0 Å². The lowest BCUT2D eigenvalue weighted by molar-refractivity contribution is -0.139. The van der Waals surface area contributed by atoms with Crippen molar-refractivity contribution in [2.24, 2.45) is 7.05 Å². The lowest BCUT2D eigenvalue weighted by Gasteiger charge is -2.10. The zero-order chi connectivity index (χ0) is 20.5. The number of carbonyl (C=O) groups excluding carboxylic acids is 2. The number of esters is 1. The molecule has 1 amide bonds. The van der Waals surface area contributed by atoms with Gasteiger partial charge >= 0.3 is 12.1 Å². The highest BCUT2D eigenvalue weighted by Crippen LogP contribution is 2.31. The van der Waals surface area contributed by atoms with E-state index in [1.165, 1.54) is 36.2 Å². The summed E-state index contributed by atoms with van der Waals surface area (Å²) in [5, 5.41) is 6.94. The van der Waals surface area contributed by atoms with Gasteiger partial charge in [0.05, 0.1) is 35.5 Å². The molecule has 0 aliphatic heterocycles. The third-order valence-corrected chi connectivity index (χ3v) is 4.08. The fraction of sp³-hybridized carbons (Fsp3) is 0.222.